The van der Waals surface area contributed by atoms with Crippen LogP contribution < -0.4 is 22.3 Å². The van der Waals surface area contributed by atoms with Crippen molar-refractivity contribution in [3.63, 3.8) is 0 Å². The smallest absolute Gasteiger partial charge is 0.261 e. The van der Waals surface area contributed by atoms with E-state index in [0.29, 0.717) is 28.1 Å². The van der Waals surface area contributed by atoms with E-state index in [0.717, 1.165) is 25.0 Å². The van der Waals surface area contributed by atoms with Gasteiger partial charge in [-0.3, -0.25) is 9.79 Å². The van der Waals surface area contributed by atoms with E-state index < -0.39 is 11.6 Å². The zero-order chi connectivity index (χ0) is 21.4. The van der Waals surface area contributed by atoms with Crippen molar-refractivity contribution in [3.8, 4) is 11.1 Å². The number of rotatable bonds is 5. The van der Waals surface area contributed by atoms with E-state index in [4.69, 9.17) is 11.5 Å². The number of pyridine rings is 1. The second-order valence-electron chi connectivity index (χ2n) is 7.35. The standard InChI is InChI=1S/C22H21F2N5O/c1-29-11-17(21(26)16(22(29)30)10-27-14-4-5-14)15-9-13(25)3-7-19(15)28-20-6-2-12(23)8-18(20)24/h2-3,6-11,14,28H,4-5,25-26H2,1H3. The fourth-order valence-electron chi connectivity index (χ4n) is 3.14. The van der Waals surface area contributed by atoms with E-state index in [1.807, 2.05) is 0 Å². The Morgan fingerprint density at radius 3 is 2.53 bits per heavy atom. The minimum atomic E-state index is -0.733. The van der Waals surface area contributed by atoms with Crippen LogP contribution >= 0.6 is 0 Å². The molecule has 0 spiro atoms. The zero-order valence-corrected chi connectivity index (χ0v) is 16.3. The highest BCUT2D eigenvalue weighted by Gasteiger charge is 2.21. The fourth-order valence-corrected chi connectivity index (χ4v) is 3.14. The summed E-state index contributed by atoms with van der Waals surface area (Å²) in [4.78, 5) is 17.0. The molecule has 6 nitrogen and oxygen atoms in total. The molecule has 1 aliphatic carbocycles. The molecule has 0 atom stereocenters. The molecule has 1 aliphatic rings. The van der Waals surface area contributed by atoms with Crippen LogP contribution in [0.3, 0.4) is 0 Å². The Bertz CT molecular complexity index is 1210. The molecule has 0 radical (unpaired) electrons. The predicted molar refractivity (Wildman–Crippen MR) is 116 cm³/mol. The highest BCUT2D eigenvalue weighted by Crippen LogP contribution is 2.36. The largest absolute Gasteiger partial charge is 0.399 e. The molecule has 2 aromatic carbocycles. The Morgan fingerprint density at radius 2 is 1.83 bits per heavy atom. The molecule has 3 aromatic rings. The van der Waals surface area contributed by atoms with Gasteiger partial charge in [-0.1, -0.05) is 0 Å². The van der Waals surface area contributed by atoms with E-state index in [1.165, 1.54) is 16.8 Å². The third kappa shape index (κ3) is 3.89. The summed E-state index contributed by atoms with van der Waals surface area (Å²) < 4.78 is 28.9. The summed E-state index contributed by atoms with van der Waals surface area (Å²) in [7, 11) is 1.62. The number of aryl methyl sites for hydroxylation is 1. The molecule has 0 aliphatic heterocycles. The van der Waals surface area contributed by atoms with Crippen molar-refractivity contribution >= 4 is 29.0 Å². The van der Waals surface area contributed by atoms with Gasteiger partial charge in [-0.2, -0.15) is 0 Å². The van der Waals surface area contributed by atoms with Gasteiger partial charge in [0, 0.05) is 48.0 Å². The van der Waals surface area contributed by atoms with E-state index >= 15 is 0 Å². The molecule has 8 heteroatoms. The Labute approximate surface area is 171 Å². The van der Waals surface area contributed by atoms with Gasteiger partial charge in [0.1, 0.15) is 11.6 Å². The maximum absolute atomic E-state index is 14.2. The minimum absolute atomic E-state index is 0.0985. The highest BCUT2D eigenvalue weighted by atomic mass is 19.1. The van der Waals surface area contributed by atoms with Gasteiger partial charge in [-0.05, 0) is 43.2 Å². The molecule has 1 saturated carbocycles. The third-order valence-electron chi connectivity index (χ3n) is 4.95. The number of hydrogen-bond donors (Lipinski definition) is 3. The summed E-state index contributed by atoms with van der Waals surface area (Å²) in [5, 5.41) is 2.96. The Hall–Kier alpha value is -3.68. The van der Waals surface area contributed by atoms with Crippen molar-refractivity contribution in [1.82, 2.24) is 4.57 Å². The molecule has 0 unspecified atom stereocenters. The lowest BCUT2D eigenvalue weighted by atomic mass is 10.00. The summed E-state index contributed by atoms with van der Waals surface area (Å²) in [5.41, 5.74) is 14.8. The maximum Gasteiger partial charge on any atom is 0.261 e. The average Bonchev–Trinajstić information content (AvgIpc) is 3.52. The van der Waals surface area contributed by atoms with Gasteiger partial charge < -0.3 is 21.4 Å². The summed E-state index contributed by atoms with van der Waals surface area (Å²) in [5.74, 6) is -1.40. The van der Waals surface area contributed by atoms with Gasteiger partial charge in [0.2, 0.25) is 0 Å². The van der Waals surface area contributed by atoms with Crippen molar-refractivity contribution in [3.05, 3.63) is 70.1 Å². The maximum atomic E-state index is 14.2. The summed E-state index contributed by atoms with van der Waals surface area (Å²) in [6.07, 6.45) is 5.14. The average molecular weight is 409 g/mol. The van der Waals surface area contributed by atoms with Crippen molar-refractivity contribution in [2.45, 2.75) is 18.9 Å². The van der Waals surface area contributed by atoms with Crippen molar-refractivity contribution in [1.29, 1.82) is 0 Å². The number of aromatic nitrogens is 1. The van der Waals surface area contributed by atoms with Crippen LogP contribution in [0.4, 0.5) is 31.5 Å². The second kappa shape index (κ2) is 7.62. The monoisotopic (exact) mass is 409 g/mol. The fraction of sp³-hybridized carbons (Fsp3) is 0.182. The van der Waals surface area contributed by atoms with E-state index in [1.54, 1.807) is 31.4 Å². The molecule has 5 N–H and O–H groups in total. The van der Waals surface area contributed by atoms with Crippen LogP contribution in [0.5, 0.6) is 0 Å². The first kappa shape index (κ1) is 19.6. The molecule has 4 rings (SSSR count). The molecule has 30 heavy (non-hydrogen) atoms. The number of anilines is 4. The van der Waals surface area contributed by atoms with Crippen molar-refractivity contribution in [2.24, 2.45) is 12.0 Å². The van der Waals surface area contributed by atoms with Crippen LogP contribution in [0.1, 0.15) is 18.4 Å². The van der Waals surface area contributed by atoms with Gasteiger partial charge >= 0.3 is 0 Å². The number of nitrogens with one attached hydrogen (secondary N) is 1. The molecule has 0 amide bonds. The quantitative estimate of drug-likeness (QED) is 0.441. The molecule has 154 valence electrons. The predicted octanol–water partition coefficient (Wildman–Crippen LogP) is 3.82. The Morgan fingerprint density at radius 1 is 1.10 bits per heavy atom. The van der Waals surface area contributed by atoms with Crippen LogP contribution in [0, 0.1) is 11.6 Å². The van der Waals surface area contributed by atoms with Gasteiger partial charge in [0.15, 0.2) is 0 Å². The van der Waals surface area contributed by atoms with Crippen molar-refractivity contribution < 1.29 is 8.78 Å². The first-order chi connectivity index (χ1) is 14.3. The lowest BCUT2D eigenvalue weighted by molar-refractivity contribution is 0.586. The van der Waals surface area contributed by atoms with E-state index in [2.05, 4.69) is 10.3 Å². The van der Waals surface area contributed by atoms with Crippen LogP contribution in [0.25, 0.3) is 11.1 Å². The SMILES string of the molecule is Cn1cc(-c2cc(N)ccc2Nc2ccc(F)cc2F)c(N)c(C=NC2CC2)c1=O. The highest BCUT2D eigenvalue weighted by molar-refractivity contribution is 5.96. The van der Waals surface area contributed by atoms with Crippen LogP contribution in [-0.4, -0.2) is 16.8 Å². The first-order valence-corrected chi connectivity index (χ1v) is 9.47. The molecule has 1 heterocycles. The first-order valence-electron chi connectivity index (χ1n) is 9.47. The van der Waals surface area contributed by atoms with E-state index in [-0.39, 0.29) is 23.0 Å². The van der Waals surface area contributed by atoms with Gasteiger partial charge in [-0.15, -0.1) is 0 Å². The molecule has 1 aromatic heterocycles. The second-order valence-corrected chi connectivity index (χ2v) is 7.35. The van der Waals surface area contributed by atoms with Crippen LogP contribution in [-0.2, 0) is 7.05 Å². The normalized spacial score (nSPS) is 13.7. The lowest BCUT2D eigenvalue weighted by Crippen LogP contribution is -2.23. The van der Waals surface area contributed by atoms with E-state index in [9.17, 15) is 13.6 Å². The lowest BCUT2D eigenvalue weighted by Gasteiger charge is -2.17. The zero-order valence-electron chi connectivity index (χ0n) is 16.3. The third-order valence-corrected chi connectivity index (χ3v) is 4.95. The molecular formula is C22H21F2N5O. The number of nitrogens with two attached hydrogens (primary N) is 2. The van der Waals surface area contributed by atoms with Crippen LogP contribution in [0.15, 0.2) is 52.4 Å². The molecule has 1 fully saturated rings. The number of aliphatic imine (C=N–C) groups is 1. The topological polar surface area (TPSA) is 98.4 Å². The van der Waals surface area contributed by atoms with Gasteiger partial charge in [0.05, 0.1) is 23.0 Å². The van der Waals surface area contributed by atoms with Gasteiger partial charge in [0.25, 0.3) is 5.56 Å². The molecule has 0 bridgehead atoms. The Balaban J connectivity index is 1.84. The molecule has 0 saturated heterocycles. The number of hydrogen-bond acceptors (Lipinski definition) is 5. The summed E-state index contributed by atoms with van der Waals surface area (Å²) in [6.45, 7) is 0. The minimum Gasteiger partial charge on any atom is -0.399 e. The summed E-state index contributed by atoms with van der Waals surface area (Å²) in [6, 6.07) is 8.52. The number of nitrogens with zero attached hydrogens (tertiary/aromatic N) is 2. The van der Waals surface area contributed by atoms with Crippen LogP contribution in [0.2, 0.25) is 0 Å². The number of benzene rings is 2. The molecular weight excluding hydrogens is 388 g/mol. The summed E-state index contributed by atoms with van der Waals surface area (Å²) >= 11 is 0. The Kier molecular flexibility index (Phi) is 4.99. The number of nitrogen functional groups attached to an aromatic ring is 2. The van der Waals surface area contributed by atoms with Crippen molar-refractivity contribution in [2.75, 3.05) is 16.8 Å². The van der Waals surface area contributed by atoms with Gasteiger partial charge in [-0.25, -0.2) is 8.78 Å². The number of halogens is 2.